The molecule has 0 aromatic carbocycles. The molecule has 8 heteroatoms. The molecule has 0 amide bonds. The van der Waals surface area contributed by atoms with E-state index in [0.717, 1.165) is 25.3 Å². The first-order valence-electron chi connectivity index (χ1n) is 5.68. The highest BCUT2D eigenvalue weighted by Gasteiger charge is 1.99. The van der Waals surface area contributed by atoms with Gasteiger partial charge in [0.1, 0.15) is 5.82 Å². The Hall–Kier alpha value is -2.51. The van der Waals surface area contributed by atoms with Crippen LogP contribution in [0.3, 0.4) is 0 Å². The van der Waals surface area contributed by atoms with Gasteiger partial charge in [0.25, 0.3) is 0 Å². The maximum Gasteiger partial charge on any atom is 0.200 e. The van der Waals surface area contributed by atoms with Crippen LogP contribution in [-0.4, -0.2) is 41.6 Å². The van der Waals surface area contributed by atoms with Gasteiger partial charge >= 0.3 is 0 Å². The van der Waals surface area contributed by atoms with Crippen molar-refractivity contribution >= 4 is 11.5 Å². The summed E-state index contributed by atoms with van der Waals surface area (Å²) < 4.78 is 3.30. The van der Waals surface area contributed by atoms with E-state index in [0.29, 0.717) is 5.65 Å². The number of aryl methyl sites for hydroxylation is 1. The van der Waals surface area contributed by atoms with Gasteiger partial charge in [-0.2, -0.15) is 5.10 Å². The molecule has 0 bridgehead atoms. The van der Waals surface area contributed by atoms with Gasteiger partial charge in [0.15, 0.2) is 5.65 Å². The van der Waals surface area contributed by atoms with Crippen molar-refractivity contribution < 1.29 is 0 Å². The van der Waals surface area contributed by atoms with Crippen LogP contribution in [0.1, 0.15) is 6.42 Å². The first-order valence-corrected chi connectivity index (χ1v) is 5.68. The van der Waals surface area contributed by atoms with Crippen molar-refractivity contribution in [3.05, 3.63) is 30.6 Å². The number of hydrogen-bond acceptors (Lipinski definition) is 6. The van der Waals surface area contributed by atoms with Crippen molar-refractivity contribution in [2.75, 3.05) is 11.9 Å². The second-order valence-electron chi connectivity index (χ2n) is 3.79. The number of tetrazole rings is 1. The summed E-state index contributed by atoms with van der Waals surface area (Å²) in [5, 5.41) is 22.6. The van der Waals surface area contributed by atoms with E-state index in [4.69, 9.17) is 0 Å². The normalized spacial score (nSPS) is 10.9. The third-order valence-corrected chi connectivity index (χ3v) is 2.50. The van der Waals surface area contributed by atoms with E-state index < -0.39 is 0 Å². The molecule has 3 rings (SSSR count). The largest absolute Gasteiger partial charge is 0.369 e. The number of anilines is 1. The molecule has 0 spiro atoms. The van der Waals surface area contributed by atoms with Crippen LogP contribution >= 0.6 is 0 Å². The van der Waals surface area contributed by atoms with Crippen molar-refractivity contribution in [3.63, 3.8) is 0 Å². The molecule has 18 heavy (non-hydrogen) atoms. The third-order valence-electron chi connectivity index (χ3n) is 2.50. The zero-order valence-electron chi connectivity index (χ0n) is 9.64. The van der Waals surface area contributed by atoms with Crippen molar-refractivity contribution in [2.24, 2.45) is 0 Å². The standard InChI is InChI=1S/C10H12N8/c1(7-17-8-2-6-12-17)5-11-9-3-4-10-13-15-16-18(10)14-9/h2-4,6,8H,1,5,7H2,(H,11,14). The maximum atomic E-state index is 4.22. The summed E-state index contributed by atoms with van der Waals surface area (Å²) in [6.07, 6.45) is 4.70. The predicted octanol–water partition coefficient (Wildman–Crippen LogP) is 0.218. The van der Waals surface area contributed by atoms with Gasteiger partial charge in [-0.05, 0) is 35.0 Å². The zero-order chi connectivity index (χ0) is 12.2. The lowest BCUT2D eigenvalue weighted by molar-refractivity contribution is 0.591. The van der Waals surface area contributed by atoms with Crippen LogP contribution in [-0.2, 0) is 6.54 Å². The lowest BCUT2D eigenvalue weighted by atomic mass is 10.4. The Labute approximate surface area is 103 Å². The molecule has 0 saturated heterocycles. The average molecular weight is 244 g/mol. The molecular formula is C10H12N8. The monoisotopic (exact) mass is 244 g/mol. The van der Waals surface area contributed by atoms with E-state index in [1.807, 2.05) is 29.1 Å². The number of fused-ring (bicyclic) bond motifs is 1. The molecule has 0 unspecified atom stereocenters. The Kier molecular flexibility index (Phi) is 2.82. The molecule has 1 N–H and O–H groups in total. The van der Waals surface area contributed by atoms with Gasteiger partial charge in [-0.3, -0.25) is 4.68 Å². The molecule has 0 saturated carbocycles. The molecule has 0 radical (unpaired) electrons. The molecule has 3 aromatic heterocycles. The van der Waals surface area contributed by atoms with Crippen LogP contribution in [0.25, 0.3) is 5.65 Å². The highest BCUT2D eigenvalue weighted by Crippen LogP contribution is 2.03. The van der Waals surface area contributed by atoms with Gasteiger partial charge in [-0.25, -0.2) is 0 Å². The Morgan fingerprint density at radius 1 is 1.28 bits per heavy atom. The topological polar surface area (TPSA) is 85.8 Å². The smallest absolute Gasteiger partial charge is 0.200 e. The van der Waals surface area contributed by atoms with Crippen LogP contribution in [0.2, 0.25) is 0 Å². The Morgan fingerprint density at radius 2 is 2.28 bits per heavy atom. The first kappa shape index (κ1) is 10.6. The van der Waals surface area contributed by atoms with Crippen LogP contribution < -0.4 is 5.32 Å². The fourth-order valence-corrected chi connectivity index (χ4v) is 1.63. The molecular weight excluding hydrogens is 232 g/mol. The van der Waals surface area contributed by atoms with E-state index >= 15 is 0 Å². The lowest BCUT2D eigenvalue weighted by Gasteiger charge is -2.05. The first-order chi connectivity index (χ1) is 8.92. The van der Waals surface area contributed by atoms with E-state index in [1.165, 1.54) is 4.63 Å². The molecule has 0 fully saturated rings. The summed E-state index contributed by atoms with van der Waals surface area (Å²) in [4.78, 5) is 0. The minimum Gasteiger partial charge on any atom is -0.369 e. The van der Waals surface area contributed by atoms with Crippen LogP contribution in [0.5, 0.6) is 0 Å². The van der Waals surface area contributed by atoms with Gasteiger partial charge in [0, 0.05) is 25.5 Å². The summed E-state index contributed by atoms with van der Waals surface area (Å²) in [5.41, 5.74) is 0.636. The predicted molar refractivity (Wildman–Crippen MR) is 63.9 cm³/mol. The van der Waals surface area contributed by atoms with E-state index in [-0.39, 0.29) is 0 Å². The van der Waals surface area contributed by atoms with Crippen LogP contribution in [0, 0.1) is 0 Å². The van der Waals surface area contributed by atoms with Gasteiger partial charge < -0.3 is 5.32 Å². The maximum absolute atomic E-state index is 4.22. The second-order valence-corrected chi connectivity index (χ2v) is 3.79. The number of nitrogens with one attached hydrogen (secondary N) is 1. The van der Waals surface area contributed by atoms with Gasteiger partial charge in [-0.15, -0.1) is 14.8 Å². The van der Waals surface area contributed by atoms with Crippen molar-refractivity contribution in [3.8, 4) is 0 Å². The Morgan fingerprint density at radius 3 is 3.17 bits per heavy atom. The third kappa shape index (κ3) is 2.26. The molecule has 0 aliphatic heterocycles. The lowest BCUT2D eigenvalue weighted by Crippen LogP contribution is -2.09. The minimum atomic E-state index is 0.636. The zero-order valence-corrected chi connectivity index (χ0v) is 9.64. The van der Waals surface area contributed by atoms with Gasteiger partial charge in [-0.1, -0.05) is 0 Å². The molecule has 3 heterocycles. The molecule has 0 atom stereocenters. The number of nitrogens with zero attached hydrogens (tertiary/aromatic N) is 7. The fraction of sp³-hybridized carbons (Fsp3) is 0.300. The summed E-state index contributed by atoms with van der Waals surface area (Å²) in [5.74, 6) is 0.760. The van der Waals surface area contributed by atoms with Crippen molar-refractivity contribution in [2.45, 2.75) is 13.0 Å². The second kappa shape index (κ2) is 4.78. The van der Waals surface area contributed by atoms with Crippen molar-refractivity contribution in [1.29, 1.82) is 0 Å². The highest BCUT2D eigenvalue weighted by atomic mass is 15.6. The molecule has 0 aliphatic carbocycles. The quantitative estimate of drug-likeness (QED) is 0.646. The molecule has 0 aliphatic rings. The van der Waals surface area contributed by atoms with E-state index in [1.54, 1.807) is 6.20 Å². The fourth-order valence-electron chi connectivity index (χ4n) is 1.63. The molecule has 8 nitrogen and oxygen atoms in total. The summed E-state index contributed by atoms with van der Waals surface area (Å²) in [6, 6.07) is 5.60. The summed E-state index contributed by atoms with van der Waals surface area (Å²) in [6.45, 7) is 1.70. The number of rotatable bonds is 5. The van der Waals surface area contributed by atoms with E-state index in [9.17, 15) is 0 Å². The van der Waals surface area contributed by atoms with Gasteiger partial charge in [0.05, 0.1) is 0 Å². The van der Waals surface area contributed by atoms with E-state index in [2.05, 4.69) is 31.0 Å². The number of aromatic nitrogens is 7. The Bertz CT molecular complexity index is 614. The number of hydrogen-bond donors (Lipinski definition) is 1. The minimum absolute atomic E-state index is 0.636. The van der Waals surface area contributed by atoms with Crippen LogP contribution in [0.15, 0.2) is 30.6 Å². The van der Waals surface area contributed by atoms with Crippen molar-refractivity contribution in [1.82, 2.24) is 35.0 Å². The summed E-state index contributed by atoms with van der Waals surface area (Å²) >= 11 is 0. The summed E-state index contributed by atoms with van der Waals surface area (Å²) in [7, 11) is 0. The van der Waals surface area contributed by atoms with Gasteiger partial charge in [0.2, 0.25) is 0 Å². The Balaban J connectivity index is 1.53. The average Bonchev–Trinajstić information content (AvgIpc) is 3.05. The highest BCUT2D eigenvalue weighted by molar-refractivity contribution is 5.41. The SMILES string of the molecule is c1cnn(CCCNc2ccc3nnnn3n2)c1. The molecule has 92 valence electrons. The molecule has 3 aromatic rings. The van der Waals surface area contributed by atoms with Crippen LogP contribution in [0.4, 0.5) is 5.82 Å².